The van der Waals surface area contributed by atoms with E-state index in [-0.39, 0.29) is 18.9 Å². The van der Waals surface area contributed by atoms with Gasteiger partial charge >= 0.3 is 6.18 Å². The molecule has 3 aromatic rings. The fraction of sp³-hybridized carbons (Fsp3) is 0.381. The van der Waals surface area contributed by atoms with E-state index >= 15 is 0 Å². The summed E-state index contributed by atoms with van der Waals surface area (Å²) in [4.78, 5) is 12.5. The summed E-state index contributed by atoms with van der Waals surface area (Å²) in [6, 6.07) is 5.15. The minimum absolute atomic E-state index is 0.173. The number of nitrogens with one attached hydrogen (secondary N) is 1. The van der Waals surface area contributed by atoms with E-state index in [1.165, 1.54) is 6.07 Å². The first-order valence-electron chi connectivity index (χ1n) is 9.67. The summed E-state index contributed by atoms with van der Waals surface area (Å²) in [5.41, 5.74) is 3.45. The van der Waals surface area contributed by atoms with Gasteiger partial charge in [0.1, 0.15) is 0 Å². The summed E-state index contributed by atoms with van der Waals surface area (Å²) in [6.07, 6.45) is -4.17. The Morgan fingerprint density at radius 2 is 1.74 bits per heavy atom. The number of aromatic nitrogens is 4. The second kappa shape index (κ2) is 8.86. The van der Waals surface area contributed by atoms with Crippen molar-refractivity contribution in [1.29, 1.82) is 0 Å². The van der Waals surface area contributed by atoms with Gasteiger partial charge in [0.25, 0.3) is 0 Å². The quantitative estimate of drug-likeness (QED) is 0.510. The molecule has 2 aromatic heterocycles. The SMILES string of the molecule is Cc1nn(CCC(=O)Nc2c(C)nn(Cc3cccc(C(F)(F)F)c3)c2C)c(C)c1Br. The van der Waals surface area contributed by atoms with Crippen LogP contribution in [0.2, 0.25) is 0 Å². The Hall–Kier alpha value is -2.62. The van der Waals surface area contributed by atoms with Gasteiger partial charge in [-0.25, -0.2) is 0 Å². The molecule has 0 aliphatic rings. The largest absolute Gasteiger partial charge is 0.416 e. The standard InChI is InChI=1S/C21H23BrF3N5O/c1-12-19(22)14(3)29(27-12)9-8-18(31)26-20-13(2)28-30(15(20)4)11-16-6-5-7-17(10-16)21(23,24)25/h5-7,10H,8-9,11H2,1-4H3,(H,26,31). The number of carbonyl (C=O) groups excluding carboxylic acids is 1. The molecule has 1 aromatic carbocycles. The molecule has 0 saturated heterocycles. The van der Waals surface area contributed by atoms with Crippen LogP contribution in [-0.2, 0) is 24.1 Å². The molecule has 31 heavy (non-hydrogen) atoms. The van der Waals surface area contributed by atoms with Crippen LogP contribution in [0.3, 0.4) is 0 Å². The maximum atomic E-state index is 13.0. The van der Waals surface area contributed by atoms with Crippen molar-refractivity contribution in [2.75, 3.05) is 5.32 Å². The monoisotopic (exact) mass is 497 g/mol. The predicted octanol–water partition coefficient (Wildman–Crippen LogP) is 5.17. The first-order chi connectivity index (χ1) is 14.5. The smallest absolute Gasteiger partial charge is 0.323 e. The van der Waals surface area contributed by atoms with E-state index in [1.54, 1.807) is 29.3 Å². The van der Waals surface area contributed by atoms with E-state index in [2.05, 4.69) is 31.4 Å². The average molecular weight is 498 g/mol. The molecule has 1 amide bonds. The zero-order valence-corrected chi connectivity index (χ0v) is 19.2. The molecule has 6 nitrogen and oxygen atoms in total. The Labute approximate surface area is 186 Å². The number of hydrogen-bond donors (Lipinski definition) is 1. The van der Waals surface area contributed by atoms with Crippen molar-refractivity contribution in [3.8, 4) is 0 Å². The lowest BCUT2D eigenvalue weighted by Gasteiger charge is -2.10. The van der Waals surface area contributed by atoms with Crippen LogP contribution in [-0.4, -0.2) is 25.5 Å². The van der Waals surface area contributed by atoms with Crippen LogP contribution in [0.4, 0.5) is 18.9 Å². The molecule has 3 rings (SSSR count). The Bertz CT molecular complexity index is 1120. The highest BCUT2D eigenvalue weighted by Crippen LogP contribution is 2.30. The maximum absolute atomic E-state index is 13.0. The van der Waals surface area contributed by atoms with Crippen LogP contribution in [0.25, 0.3) is 0 Å². The van der Waals surface area contributed by atoms with Gasteiger partial charge in [-0.2, -0.15) is 23.4 Å². The van der Waals surface area contributed by atoms with Crippen molar-refractivity contribution in [2.24, 2.45) is 0 Å². The van der Waals surface area contributed by atoms with Crippen LogP contribution < -0.4 is 5.32 Å². The number of amides is 1. The summed E-state index contributed by atoms with van der Waals surface area (Å²) in [7, 11) is 0. The average Bonchev–Trinajstić information content (AvgIpc) is 3.10. The fourth-order valence-electron chi connectivity index (χ4n) is 3.35. The van der Waals surface area contributed by atoms with Gasteiger partial charge in [0.2, 0.25) is 5.91 Å². The summed E-state index contributed by atoms with van der Waals surface area (Å²) in [5.74, 6) is -0.187. The van der Waals surface area contributed by atoms with E-state index in [4.69, 9.17) is 0 Å². The van der Waals surface area contributed by atoms with Gasteiger partial charge in [0.05, 0.1) is 45.9 Å². The maximum Gasteiger partial charge on any atom is 0.416 e. The van der Waals surface area contributed by atoms with E-state index in [9.17, 15) is 18.0 Å². The minimum atomic E-state index is -4.40. The molecule has 0 aliphatic heterocycles. The van der Waals surface area contributed by atoms with Crippen LogP contribution in [0.5, 0.6) is 0 Å². The van der Waals surface area contributed by atoms with Crippen molar-refractivity contribution >= 4 is 27.5 Å². The number of alkyl halides is 3. The van der Waals surface area contributed by atoms with Gasteiger partial charge in [-0.05, 0) is 61.3 Å². The highest BCUT2D eigenvalue weighted by atomic mass is 79.9. The number of rotatable bonds is 6. The third kappa shape index (κ3) is 5.17. The van der Waals surface area contributed by atoms with Crippen LogP contribution in [0.1, 0.15) is 40.3 Å². The van der Waals surface area contributed by atoms with E-state index in [1.807, 2.05) is 13.8 Å². The summed E-state index contributed by atoms with van der Waals surface area (Å²) < 4.78 is 43.2. The molecular weight excluding hydrogens is 475 g/mol. The molecule has 2 heterocycles. The molecule has 10 heteroatoms. The van der Waals surface area contributed by atoms with E-state index in [0.29, 0.717) is 29.2 Å². The van der Waals surface area contributed by atoms with Gasteiger partial charge in [-0.1, -0.05) is 12.1 Å². The second-order valence-electron chi connectivity index (χ2n) is 7.41. The predicted molar refractivity (Wildman–Crippen MR) is 115 cm³/mol. The fourth-order valence-corrected chi connectivity index (χ4v) is 3.64. The molecule has 0 atom stereocenters. The number of aryl methyl sites for hydroxylation is 3. The highest BCUT2D eigenvalue weighted by molar-refractivity contribution is 9.10. The Balaban J connectivity index is 1.70. The number of halogens is 4. The second-order valence-corrected chi connectivity index (χ2v) is 8.20. The summed E-state index contributed by atoms with van der Waals surface area (Å²) >= 11 is 3.47. The first-order valence-corrected chi connectivity index (χ1v) is 10.5. The molecule has 0 radical (unpaired) electrons. The molecule has 166 valence electrons. The third-order valence-corrected chi connectivity index (χ3v) is 6.22. The van der Waals surface area contributed by atoms with Crippen LogP contribution in [0.15, 0.2) is 28.7 Å². The Morgan fingerprint density at radius 1 is 1.06 bits per heavy atom. The van der Waals surface area contributed by atoms with Crippen molar-refractivity contribution in [3.05, 3.63) is 62.6 Å². The van der Waals surface area contributed by atoms with Gasteiger partial charge in [0.15, 0.2) is 0 Å². The highest BCUT2D eigenvalue weighted by Gasteiger charge is 2.30. The molecule has 0 saturated carbocycles. The molecule has 1 N–H and O–H groups in total. The van der Waals surface area contributed by atoms with Crippen molar-refractivity contribution < 1.29 is 18.0 Å². The zero-order chi connectivity index (χ0) is 22.9. The minimum Gasteiger partial charge on any atom is -0.323 e. The Morgan fingerprint density at radius 3 is 2.35 bits per heavy atom. The normalized spacial score (nSPS) is 11.7. The van der Waals surface area contributed by atoms with Crippen molar-refractivity contribution in [2.45, 2.75) is 53.4 Å². The number of anilines is 1. The van der Waals surface area contributed by atoms with Gasteiger partial charge in [-0.3, -0.25) is 14.2 Å². The first kappa shape index (κ1) is 23.1. The number of carbonyl (C=O) groups is 1. The summed E-state index contributed by atoms with van der Waals surface area (Å²) in [5, 5.41) is 11.7. The molecule has 0 aliphatic carbocycles. The van der Waals surface area contributed by atoms with Gasteiger partial charge in [-0.15, -0.1) is 0 Å². The Kier molecular flexibility index (Phi) is 6.59. The summed E-state index contributed by atoms with van der Waals surface area (Å²) in [6.45, 7) is 7.95. The molecule has 0 spiro atoms. The lowest BCUT2D eigenvalue weighted by atomic mass is 10.1. The lowest BCUT2D eigenvalue weighted by molar-refractivity contribution is -0.137. The topological polar surface area (TPSA) is 64.7 Å². The van der Waals surface area contributed by atoms with Crippen molar-refractivity contribution in [3.63, 3.8) is 0 Å². The van der Waals surface area contributed by atoms with E-state index < -0.39 is 11.7 Å². The van der Waals surface area contributed by atoms with E-state index in [0.717, 1.165) is 28.0 Å². The number of benzene rings is 1. The third-order valence-electron chi connectivity index (χ3n) is 5.08. The van der Waals surface area contributed by atoms with Crippen molar-refractivity contribution in [1.82, 2.24) is 19.6 Å². The lowest BCUT2D eigenvalue weighted by Crippen LogP contribution is -2.16. The van der Waals surface area contributed by atoms with Crippen LogP contribution >= 0.6 is 15.9 Å². The molecule has 0 unspecified atom stereocenters. The molecular formula is C21H23BrF3N5O. The zero-order valence-electron chi connectivity index (χ0n) is 17.6. The number of hydrogen-bond acceptors (Lipinski definition) is 3. The van der Waals surface area contributed by atoms with Gasteiger partial charge < -0.3 is 5.32 Å². The van der Waals surface area contributed by atoms with Crippen LogP contribution in [0, 0.1) is 27.7 Å². The number of nitrogens with zero attached hydrogens (tertiary/aromatic N) is 4. The molecule has 0 fully saturated rings. The molecule has 0 bridgehead atoms. The van der Waals surface area contributed by atoms with Gasteiger partial charge in [0, 0.05) is 12.1 Å².